The molecular weight excluding hydrogens is 383 g/mol. The van der Waals surface area contributed by atoms with Crippen molar-refractivity contribution in [3.05, 3.63) is 30.2 Å². The van der Waals surface area contributed by atoms with Crippen molar-refractivity contribution < 1.29 is 13.2 Å². The van der Waals surface area contributed by atoms with E-state index in [0.29, 0.717) is 17.9 Å². The Kier molecular flexibility index (Phi) is 4.68. The number of alkyl halides is 3. The Balaban J connectivity index is 1.25. The van der Waals surface area contributed by atoms with Gasteiger partial charge in [-0.15, -0.1) is 10.2 Å². The van der Waals surface area contributed by atoms with E-state index in [4.69, 9.17) is 0 Å². The topological polar surface area (TPSA) is 63.0 Å². The second-order valence-corrected chi connectivity index (χ2v) is 8.29. The third-order valence-electron chi connectivity index (χ3n) is 6.05. The van der Waals surface area contributed by atoms with Crippen LogP contribution < -0.4 is 4.90 Å². The average molecular weight is 407 g/mol. The summed E-state index contributed by atoms with van der Waals surface area (Å²) in [6, 6.07) is 2.16. The molecule has 156 valence electrons. The van der Waals surface area contributed by atoms with Gasteiger partial charge < -0.3 is 9.47 Å². The third kappa shape index (κ3) is 4.08. The van der Waals surface area contributed by atoms with Crippen LogP contribution in [0.25, 0.3) is 0 Å². The molecule has 7 nitrogen and oxygen atoms in total. The molecule has 0 amide bonds. The van der Waals surface area contributed by atoms with Gasteiger partial charge in [0.2, 0.25) is 0 Å². The summed E-state index contributed by atoms with van der Waals surface area (Å²) >= 11 is 0. The van der Waals surface area contributed by atoms with Crippen molar-refractivity contribution in [1.82, 2.24) is 29.6 Å². The average Bonchev–Trinajstić information content (AvgIpc) is 3.63. The molecule has 1 saturated heterocycles. The van der Waals surface area contributed by atoms with Crippen LogP contribution in [0.2, 0.25) is 0 Å². The Morgan fingerprint density at radius 1 is 1.00 bits per heavy atom. The number of likely N-dealkylation sites (tertiary alicyclic amines) is 1. The molecule has 0 bridgehead atoms. The van der Waals surface area contributed by atoms with Gasteiger partial charge in [0.05, 0.1) is 6.54 Å². The van der Waals surface area contributed by atoms with E-state index in [-0.39, 0.29) is 6.04 Å². The first kappa shape index (κ1) is 18.8. The molecule has 5 rings (SSSR count). The van der Waals surface area contributed by atoms with Gasteiger partial charge in [0, 0.05) is 37.3 Å². The van der Waals surface area contributed by atoms with Crippen molar-refractivity contribution >= 4 is 5.82 Å². The molecule has 0 N–H and O–H groups in total. The molecule has 0 spiro atoms. The quantitative estimate of drug-likeness (QED) is 0.734. The van der Waals surface area contributed by atoms with Gasteiger partial charge >= 0.3 is 6.18 Å². The largest absolute Gasteiger partial charge is 0.433 e. The van der Waals surface area contributed by atoms with E-state index in [9.17, 15) is 13.2 Å². The zero-order chi connectivity index (χ0) is 20.0. The molecule has 2 aromatic heterocycles. The second kappa shape index (κ2) is 7.23. The minimum Gasteiger partial charge on any atom is -0.350 e. The summed E-state index contributed by atoms with van der Waals surface area (Å²) in [7, 11) is 0. The molecule has 29 heavy (non-hydrogen) atoms. The highest BCUT2D eigenvalue weighted by Gasteiger charge is 2.39. The number of halogens is 3. The van der Waals surface area contributed by atoms with Crippen LogP contribution in [-0.4, -0.2) is 54.8 Å². The van der Waals surface area contributed by atoms with Gasteiger partial charge in [0.1, 0.15) is 30.0 Å². The van der Waals surface area contributed by atoms with Crippen LogP contribution in [0.4, 0.5) is 19.0 Å². The fourth-order valence-corrected chi connectivity index (χ4v) is 4.26. The maximum Gasteiger partial charge on any atom is 0.433 e. The lowest BCUT2D eigenvalue weighted by molar-refractivity contribution is -0.141. The predicted octanol–water partition coefficient (Wildman–Crippen LogP) is 3.06. The Morgan fingerprint density at radius 2 is 1.72 bits per heavy atom. The Hall–Kier alpha value is -2.23. The van der Waals surface area contributed by atoms with Crippen molar-refractivity contribution in [1.29, 1.82) is 0 Å². The first-order valence-corrected chi connectivity index (χ1v) is 10.3. The van der Waals surface area contributed by atoms with Crippen molar-refractivity contribution in [3.63, 3.8) is 0 Å². The third-order valence-corrected chi connectivity index (χ3v) is 6.05. The van der Waals surface area contributed by atoms with Gasteiger partial charge in [0.25, 0.3) is 0 Å². The Bertz CT molecular complexity index is 851. The minimum atomic E-state index is -4.45. The number of hydrogen-bond acceptors (Lipinski definition) is 6. The lowest BCUT2D eigenvalue weighted by Crippen LogP contribution is -2.46. The van der Waals surface area contributed by atoms with Crippen LogP contribution in [0.5, 0.6) is 0 Å². The SMILES string of the molecule is FC(F)(F)c1cc(N(C2CC2)C2CCN(Cc3nncn3C3CC3)CC2)ncn1. The van der Waals surface area contributed by atoms with Gasteiger partial charge in [0.15, 0.2) is 0 Å². The van der Waals surface area contributed by atoms with Gasteiger partial charge in [-0.3, -0.25) is 4.90 Å². The predicted molar refractivity (Wildman–Crippen MR) is 99.1 cm³/mol. The highest BCUT2D eigenvalue weighted by molar-refractivity contribution is 5.44. The van der Waals surface area contributed by atoms with E-state index in [1.54, 1.807) is 0 Å². The first-order valence-electron chi connectivity index (χ1n) is 10.3. The molecule has 0 atom stereocenters. The highest BCUT2D eigenvalue weighted by Crippen LogP contribution is 2.38. The van der Waals surface area contributed by atoms with E-state index < -0.39 is 11.9 Å². The molecule has 3 fully saturated rings. The Labute approximate surface area is 166 Å². The summed E-state index contributed by atoms with van der Waals surface area (Å²) in [6.07, 6.45) is 4.62. The molecule has 0 aromatic carbocycles. The molecule has 2 saturated carbocycles. The fraction of sp³-hybridized carbons (Fsp3) is 0.684. The molecule has 1 aliphatic heterocycles. The van der Waals surface area contributed by atoms with E-state index in [1.165, 1.54) is 12.8 Å². The number of piperidine rings is 1. The summed E-state index contributed by atoms with van der Waals surface area (Å²) in [5, 5.41) is 8.34. The smallest absolute Gasteiger partial charge is 0.350 e. The molecule has 0 unspecified atom stereocenters. The monoisotopic (exact) mass is 407 g/mol. The zero-order valence-corrected chi connectivity index (χ0v) is 16.1. The number of rotatable bonds is 6. The lowest BCUT2D eigenvalue weighted by atomic mass is 10.0. The van der Waals surface area contributed by atoms with Crippen LogP contribution in [-0.2, 0) is 12.7 Å². The maximum absolute atomic E-state index is 13.1. The summed E-state index contributed by atoms with van der Waals surface area (Å²) in [6.45, 7) is 2.56. The van der Waals surface area contributed by atoms with Crippen LogP contribution in [0.3, 0.4) is 0 Å². The van der Waals surface area contributed by atoms with Crippen LogP contribution in [0.1, 0.15) is 56.1 Å². The van der Waals surface area contributed by atoms with Crippen LogP contribution in [0.15, 0.2) is 18.7 Å². The van der Waals surface area contributed by atoms with Crippen LogP contribution >= 0.6 is 0 Å². The standard InChI is InChI=1S/C19H24F3N7/c20-19(21,22)16-9-17(24-11-23-16)29(14-3-4-14)15-5-7-27(8-6-15)10-18-26-25-12-28(18)13-1-2-13/h9,11-15H,1-8,10H2. The Morgan fingerprint density at radius 3 is 2.38 bits per heavy atom. The van der Waals surface area contributed by atoms with E-state index >= 15 is 0 Å². The maximum atomic E-state index is 13.1. The van der Waals surface area contributed by atoms with E-state index in [0.717, 1.165) is 63.5 Å². The summed E-state index contributed by atoms with van der Waals surface area (Å²) in [5.41, 5.74) is -0.870. The molecule has 0 radical (unpaired) electrons. The van der Waals surface area contributed by atoms with Crippen LogP contribution in [0, 0.1) is 0 Å². The van der Waals surface area contributed by atoms with Gasteiger partial charge in [-0.25, -0.2) is 9.97 Å². The second-order valence-electron chi connectivity index (χ2n) is 8.29. The number of nitrogens with zero attached hydrogens (tertiary/aromatic N) is 7. The summed E-state index contributed by atoms with van der Waals surface area (Å²) in [4.78, 5) is 12.1. The molecular formula is C19H24F3N7. The first-order chi connectivity index (χ1) is 14.0. The summed E-state index contributed by atoms with van der Waals surface area (Å²) < 4.78 is 41.4. The zero-order valence-electron chi connectivity index (χ0n) is 16.1. The van der Waals surface area contributed by atoms with Gasteiger partial charge in [-0.1, -0.05) is 0 Å². The molecule has 2 aliphatic carbocycles. The number of aromatic nitrogens is 5. The highest BCUT2D eigenvalue weighted by atomic mass is 19.4. The molecule has 3 heterocycles. The normalized spacial score (nSPS) is 21.5. The van der Waals surface area contributed by atoms with Crippen molar-refractivity contribution in [2.24, 2.45) is 0 Å². The molecule has 10 heteroatoms. The van der Waals surface area contributed by atoms with E-state index in [2.05, 4.69) is 34.5 Å². The van der Waals surface area contributed by atoms with Crippen molar-refractivity contribution in [3.8, 4) is 0 Å². The van der Waals surface area contributed by atoms with Crippen molar-refractivity contribution in [2.75, 3.05) is 18.0 Å². The molecule has 2 aromatic rings. The lowest BCUT2D eigenvalue weighted by Gasteiger charge is -2.39. The molecule has 3 aliphatic rings. The van der Waals surface area contributed by atoms with E-state index in [1.807, 2.05) is 6.33 Å². The van der Waals surface area contributed by atoms with Gasteiger partial charge in [-0.2, -0.15) is 13.2 Å². The number of hydrogen-bond donors (Lipinski definition) is 0. The summed E-state index contributed by atoms with van der Waals surface area (Å²) in [5.74, 6) is 1.41. The fourth-order valence-electron chi connectivity index (χ4n) is 4.26. The van der Waals surface area contributed by atoms with Gasteiger partial charge in [-0.05, 0) is 38.5 Å². The van der Waals surface area contributed by atoms with Crippen molar-refractivity contribution in [2.45, 2.75) is 69.4 Å². The minimum absolute atomic E-state index is 0.205. The number of anilines is 1.